The molecule has 198 valence electrons. The van der Waals surface area contributed by atoms with Gasteiger partial charge in [0.15, 0.2) is 0 Å². The first kappa shape index (κ1) is 27.7. The number of carbonyl (C=O) groups excluding carboxylic acids is 4. The Labute approximate surface area is 215 Å². The summed E-state index contributed by atoms with van der Waals surface area (Å²) in [5, 5.41) is 21.3. The maximum absolute atomic E-state index is 13.6. The molecular weight excluding hydrogens is 486 g/mol. The van der Waals surface area contributed by atoms with Gasteiger partial charge in [0.25, 0.3) is 11.5 Å². The molecule has 0 spiro atoms. The van der Waals surface area contributed by atoms with Gasteiger partial charge in [0.05, 0.1) is 6.04 Å². The average molecular weight is 522 g/mol. The molecule has 1 saturated heterocycles. The number of carbonyl (C=O) groups is 4. The van der Waals surface area contributed by atoms with E-state index in [0.29, 0.717) is 19.4 Å². The number of hydrogen-bond acceptors (Lipinski definition) is 7. The highest BCUT2D eigenvalue weighted by atomic mass is 32.1. The van der Waals surface area contributed by atoms with Gasteiger partial charge in [0, 0.05) is 31.6 Å². The van der Waals surface area contributed by atoms with Crippen LogP contribution < -0.4 is 26.8 Å². The summed E-state index contributed by atoms with van der Waals surface area (Å²) in [6.45, 7) is 3.87. The number of amides is 4. The van der Waals surface area contributed by atoms with Crippen molar-refractivity contribution in [3.05, 3.63) is 28.7 Å². The van der Waals surface area contributed by atoms with Gasteiger partial charge in [-0.3, -0.25) is 24.0 Å². The third kappa shape index (κ3) is 6.47. The first-order valence-corrected chi connectivity index (χ1v) is 12.7. The van der Waals surface area contributed by atoms with Gasteiger partial charge in [-0.05, 0) is 37.3 Å². The lowest BCUT2D eigenvalue weighted by atomic mass is 9.93. The standard InChI is InChI=1S/C24H35N5O6S/c1-13(2)19(30)27-16-5-4-10-29(22(16)33)17(11-14-6-7-14)21(32)28-18(24(35,36)23(34)25-3)12-15-8-9-26-20(15)31/h4-5,10,13-15,17-18,35-36H,6-9,11-12H2,1-3H3,(H,25,34)(H,26,31)(H,27,30)(H,28,32)/t15-,17-,18+,24-/m0/s1. The summed E-state index contributed by atoms with van der Waals surface area (Å²) in [4.78, 5) is 61.3. The molecule has 1 aliphatic carbocycles. The number of thiol groups is 1. The van der Waals surface area contributed by atoms with Gasteiger partial charge < -0.3 is 30.9 Å². The molecule has 0 radical (unpaired) electrons. The van der Waals surface area contributed by atoms with Gasteiger partial charge in [-0.2, -0.15) is 0 Å². The minimum Gasteiger partial charge on any atom is -0.369 e. The lowest BCUT2D eigenvalue weighted by molar-refractivity contribution is -0.136. The van der Waals surface area contributed by atoms with E-state index in [0.717, 1.165) is 12.8 Å². The molecule has 0 aromatic carbocycles. The smallest absolute Gasteiger partial charge is 0.275 e. The summed E-state index contributed by atoms with van der Waals surface area (Å²) < 4.78 is 1.26. The molecule has 4 atom stereocenters. The second kappa shape index (κ2) is 11.5. The maximum Gasteiger partial charge on any atom is 0.275 e. The second-order valence-corrected chi connectivity index (χ2v) is 10.5. The Hall–Kier alpha value is -2.86. The Morgan fingerprint density at radius 3 is 2.44 bits per heavy atom. The number of aromatic nitrogens is 1. The topological polar surface area (TPSA) is 159 Å². The molecule has 5 N–H and O–H groups in total. The molecule has 3 rings (SSSR count). The van der Waals surface area contributed by atoms with E-state index in [1.54, 1.807) is 19.9 Å². The molecule has 12 heteroatoms. The fraction of sp³-hybridized carbons (Fsp3) is 0.625. The number of anilines is 1. The van der Waals surface area contributed by atoms with Crippen LogP contribution in [0.3, 0.4) is 0 Å². The zero-order chi connectivity index (χ0) is 26.6. The summed E-state index contributed by atoms with van der Waals surface area (Å²) in [6.07, 6.45) is 4.16. The van der Waals surface area contributed by atoms with Crippen molar-refractivity contribution >= 4 is 41.9 Å². The Morgan fingerprint density at radius 2 is 1.89 bits per heavy atom. The van der Waals surface area contributed by atoms with E-state index in [2.05, 4.69) is 33.9 Å². The van der Waals surface area contributed by atoms with Crippen LogP contribution in [0.4, 0.5) is 5.69 Å². The zero-order valence-corrected chi connectivity index (χ0v) is 21.6. The van der Waals surface area contributed by atoms with Crippen molar-refractivity contribution in [3.8, 4) is 0 Å². The monoisotopic (exact) mass is 521 g/mol. The molecule has 1 saturated carbocycles. The van der Waals surface area contributed by atoms with Crippen molar-refractivity contribution in [1.82, 2.24) is 20.5 Å². The molecule has 1 aromatic rings. The summed E-state index contributed by atoms with van der Waals surface area (Å²) >= 11 is 4.15. The lowest BCUT2D eigenvalue weighted by Gasteiger charge is -2.33. The fourth-order valence-electron chi connectivity index (χ4n) is 4.23. The highest BCUT2D eigenvalue weighted by Gasteiger charge is 2.45. The third-order valence-electron chi connectivity index (χ3n) is 6.70. The molecule has 4 amide bonds. The number of pyridine rings is 1. The third-order valence-corrected chi connectivity index (χ3v) is 7.21. The normalized spacial score (nSPS) is 20.7. The lowest BCUT2D eigenvalue weighted by Crippen LogP contribution is -2.59. The quantitative estimate of drug-likeness (QED) is 0.180. The van der Waals surface area contributed by atoms with Gasteiger partial charge >= 0.3 is 0 Å². The summed E-state index contributed by atoms with van der Waals surface area (Å²) in [6, 6.07) is 0.896. The van der Waals surface area contributed by atoms with Crippen LogP contribution in [0.25, 0.3) is 0 Å². The molecule has 1 aliphatic heterocycles. The number of likely N-dealkylation sites (N-methyl/N-ethyl adjacent to an activating group) is 1. The number of rotatable bonds is 11. The Bertz CT molecular complexity index is 1070. The fourth-order valence-corrected chi connectivity index (χ4v) is 4.51. The molecule has 0 unspecified atom stereocenters. The van der Waals surface area contributed by atoms with E-state index in [-0.39, 0.29) is 35.8 Å². The highest BCUT2D eigenvalue weighted by molar-refractivity contribution is 7.82. The molecule has 1 aromatic heterocycles. The van der Waals surface area contributed by atoms with E-state index in [9.17, 15) is 29.1 Å². The van der Waals surface area contributed by atoms with Gasteiger partial charge in [-0.15, -0.1) is 12.6 Å². The SMILES string of the molecule is CNC(=O)[C@@](O)(S)[C@@H](C[C@@H]1CCNC1=O)NC(=O)[C@H](CC1CC1)n1cccc(NC(=O)C(C)C)c1=O. The zero-order valence-electron chi connectivity index (χ0n) is 20.7. The van der Waals surface area contributed by atoms with Crippen LogP contribution in [0.2, 0.25) is 0 Å². The second-order valence-electron chi connectivity index (χ2n) is 9.85. The molecule has 36 heavy (non-hydrogen) atoms. The van der Waals surface area contributed by atoms with Crippen LogP contribution in [0, 0.1) is 17.8 Å². The van der Waals surface area contributed by atoms with E-state index in [1.165, 1.54) is 23.9 Å². The molecular formula is C24H35N5O6S. The van der Waals surface area contributed by atoms with Crippen LogP contribution in [-0.2, 0) is 19.2 Å². The van der Waals surface area contributed by atoms with Crippen LogP contribution in [-0.4, -0.2) is 57.9 Å². The Kier molecular flexibility index (Phi) is 8.83. The minimum absolute atomic E-state index is 0.0134. The van der Waals surface area contributed by atoms with Crippen molar-refractivity contribution in [2.75, 3.05) is 18.9 Å². The molecule has 2 fully saturated rings. The number of nitrogens with zero attached hydrogens (tertiary/aromatic N) is 1. The van der Waals surface area contributed by atoms with Gasteiger partial charge in [-0.25, -0.2) is 0 Å². The molecule has 2 heterocycles. The van der Waals surface area contributed by atoms with Crippen molar-refractivity contribution in [3.63, 3.8) is 0 Å². The Balaban J connectivity index is 1.91. The number of hydrogen-bond donors (Lipinski definition) is 6. The predicted octanol–water partition coefficient (Wildman–Crippen LogP) is 0.159. The van der Waals surface area contributed by atoms with Crippen molar-refractivity contribution in [2.45, 2.75) is 63.0 Å². The number of aliphatic hydroxyl groups is 1. The first-order valence-electron chi connectivity index (χ1n) is 12.2. The average Bonchev–Trinajstić information content (AvgIpc) is 3.57. The largest absolute Gasteiger partial charge is 0.369 e. The number of nitrogens with one attached hydrogen (secondary N) is 4. The first-order chi connectivity index (χ1) is 16.9. The highest BCUT2D eigenvalue weighted by Crippen LogP contribution is 2.37. The van der Waals surface area contributed by atoms with Crippen LogP contribution in [0.5, 0.6) is 0 Å². The summed E-state index contributed by atoms with van der Waals surface area (Å²) in [5.74, 6) is -2.58. The Morgan fingerprint density at radius 1 is 1.19 bits per heavy atom. The molecule has 0 bridgehead atoms. The summed E-state index contributed by atoms with van der Waals surface area (Å²) in [5.41, 5.74) is -0.480. The maximum atomic E-state index is 13.6. The van der Waals surface area contributed by atoms with Crippen LogP contribution in [0.15, 0.2) is 23.1 Å². The van der Waals surface area contributed by atoms with Crippen LogP contribution >= 0.6 is 12.6 Å². The van der Waals surface area contributed by atoms with Crippen LogP contribution in [0.1, 0.15) is 52.0 Å². The van der Waals surface area contributed by atoms with Crippen molar-refractivity contribution < 1.29 is 24.3 Å². The molecule has 11 nitrogen and oxygen atoms in total. The minimum atomic E-state index is -2.30. The van der Waals surface area contributed by atoms with E-state index < -0.39 is 40.3 Å². The van der Waals surface area contributed by atoms with Crippen molar-refractivity contribution in [2.24, 2.45) is 17.8 Å². The summed E-state index contributed by atoms with van der Waals surface area (Å²) in [7, 11) is 1.33. The van der Waals surface area contributed by atoms with E-state index >= 15 is 0 Å². The van der Waals surface area contributed by atoms with Gasteiger partial charge in [0.1, 0.15) is 11.7 Å². The van der Waals surface area contributed by atoms with Gasteiger partial charge in [0.2, 0.25) is 22.7 Å². The predicted molar refractivity (Wildman–Crippen MR) is 136 cm³/mol. The molecule has 2 aliphatic rings. The van der Waals surface area contributed by atoms with E-state index in [4.69, 9.17) is 0 Å². The van der Waals surface area contributed by atoms with Gasteiger partial charge in [-0.1, -0.05) is 26.7 Å². The van der Waals surface area contributed by atoms with Crippen molar-refractivity contribution in [1.29, 1.82) is 0 Å². The van der Waals surface area contributed by atoms with E-state index in [1.807, 2.05) is 0 Å².